The molecule has 0 bridgehead atoms. The summed E-state index contributed by atoms with van der Waals surface area (Å²) in [6, 6.07) is 7.28. The molecule has 222 valence electrons. The van der Waals surface area contributed by atoms with Crippen LogP contribution in [0.15, 0.2) is 24.3 Å². The number of rotatable bonds is 6. The highest BCUT2D eigenvalue weighted by Gasteiger charge is 2.53. The number of hydrogen-bond acceptors (Lipinski definition) is 9. The molecule has 2 aromatic carbocycles. The van der Waals surface area contributed by atoms with Crippen LogP contribution in [-0.4, -0.2) is 94.0 Å². The number of hydrogen-bond donors (Lipinski definition) is 1. The topological polar surface area (TPSA) is 106 Å². The number of amides is 3. The molecule has 2 saturated heterocycles. The highest BCUT2D eigenvalue weighted by molar-refractivity contribution is 6.19. The summed E-state index contributed by atoms with van der Waals surface area (Å²) in [6.45, 7) is 8.33. The molecule has 4 heterocycles. The van der Waals surface area contributed by atoms with Gasteiger partial charge in [0.2, 0.25) is 5.95 Å². The lowest BCUT2D eigenvalue weighted by atomic mass is 9.82. The van der Waals surface area contributed by atoms with Crippen molar-refractivity contribution < 1.29 is 23.8 Å². The van der Waals surface area contributed by atoms with Gasteiger partial charge in [0.1, 0.15) is 5.56 Å². The number of carbonyl (C=O) groups excluding carboxylic acids is 2. The number of benzene rings is 2. The van der Waals surface area contributed by atoms with Gasteiger partial charge >= 0.3 is 6.03 Å². The number of imide groups is 1. The van der Waals surface area contributed by atoms with E-state index >= 15 is 0 Å². The Labute approximate surface area is 245 Å². The van der Waals surface area contributed by atoms with E-state index in [1.165, 1.54) is 4.90 Å². The smallest absolute Gasteiger partial charge is 0.437 e. The number of nitrogens with zero attached hydrogens (tertiary/aromatic N) is 5. The summed E-state index contributed by atoms with van der Waals surface area (Å²) in [4.78, 5) is 42.2. The lowest BCUT2D eigenvalue weighted by molar-refractivity contribution is 0.0766. The van der Waals surface area contributed by atoms with Crippen molar-refractivity contribution in [2.24, 2.45) is 0 Å². The van der Waals surface area contributed by atoms with Crippen molar-refractivity contribution in [1.29, 1.82) is 0 Å². The number of piperidine rings is 1. The fraction of sp³-hybridized carbons (Fsp3) is 0.484. The van der Waals surface area contributed by atoms with Gasteiger partial charge in [0, 0.05) is 37.8 Å². The van der Waals surface area contributed by atoms with Gasteiger partial charge in [-0.05, 0) is 56.8 Å². The summed E-state index contributed by atoms with van der Waals surface area (Å²) in [6.07, 6.45) is 1.87. The fourth-order valence-electron chi connectivity index (χ4n) is 6.67. The number of fused-ring (bicyclic) bond motifs is 2. The standard InChI is InChI=1S/C31H39N6O5/c1-6-36-29(38)27-23(8-7-19(2)26(27)20-9-11-32-12-10-20)37(3,31(36)39)28-21-17-24(40-4)25(41-5)18-22(21)33-30(34-28)35-13-15-42-16-14-35/h7-8,17-18,20,32H,6,9-16H2,1-5H3/q+1. The van der Waals surface area contributed by atoms with E-state index in [0.29, 0.717) is 71.7 Å². The Morgan fingerprint density at radius 3 is 2.40 bits per heavy atom. The molecule has 3 aliphatic rings. The lowest BCUT2D eigenvalue weighted by Crippen LogP contribution is -2.60. The third-order valence-corrected chi connectivity index (χ3v) is 8.95. The van der Waals surface area contributed by atoms with E-state index in [4.69, 9.17) is 24.2 Å². The van der Waals surface area contributed by atoms with Crippen LogP contribution in [0, 0.1) is 6.92 Å². The largest absolute Gasteiger partial charge is 0.493 e. The van der Waals surface area contributed by atoms with Gasteiger partial charge < -0.3 is 24.4 Å². The quantitative estimate of drug-likeness (QED) is 0.435. The van der Waals surface area contributed by atoms with Crippen LogP contribution in [0.4, 0.5) is 22.2 Å². The van der Waals surface area contributed by atoms with Crippen molar-refractivity contribution in [1.82, 2.24) is 24.7 Å². The number of morpholine rings is 1. The molecule has 11 heteroatoms. The normalized spacial score (nSPS) is 21.5. The first-order valence-corrected chi connectivity index (χ1v) is 14.7. The van der Waals surface area contributed by atoms with E-state index in [1.807, 2.05) is 38.2 Å². The van der Waals surface area contributed by atoms with E-state index in [1.54, 1.807) is 14.2 Å². The molecule has 1 unspecified atom stereocenters. The van der Waals surface area contributed by atoms with Gasteiger partial charge in [-0.3, -0.25) is 4.79 Å². The molecule has 3 amide bonds. The van der Waals surface area contributed by atoms with Crippen LogP contribution in [0.5, 0.6) is 11.5 Å². The molecule has 0 aliphatic carbocycles. The first kappa shape index (κ1) is 28.3. The molecule has 6 rings (SSSR count). The Bertz CT molecular complexity index is 1550. The summed E-state index contributed by atoms with van der Waals surface area (Å²) in [5.74, 6) is 2.02. The minimum Gasteiger partial charge on any atom is -0.493 e. The molecular formula is C31H39N6O5+. The number of urea groups is 1. The van der Waals surface area contributed by atoms with Gasteiger partial charge in [-0.1, -0.05) is 6.07 Å². The van der Waals surface area contributed by atoms with Crippen LogP contribution < -0.4 is 24.2 Å². The van der Waals surface area contributed by atoms with Gasteiger partial charge in [-0.2, -0.15) is 9.47 Å². The molecule has 1 atom stereocenters. The zero-order chi connectivity index (χ0) is 29.6. The van der Waals surface area contributed by atoms with E-state index < -0.39 is 0 Å². The minimum absolute atomic E-state index is 0.223. The second-order valence-corrected chi connectivity index (χ2v) is 11.2. The molecular weight excluding hydrogens is 536 g/mol. The van der Waals surface area contributed by atoms with Gasteiger partial charge in [0.15, 0.2) is 17.2 Å². The van der Waals surface area contributed by atoms with Crippen LogP contribution in [0.2, 0.25) is 0 Å². The van der Waals surface area contributed by atoms with Crippen molar-refractivity contribution in [3.63, 3.8) is 0 Å². The molecule has 1 N–H and O–H groups in total. The second-order valence-electron chi connectivity index (χ2n) is 11.2. The maximum absolute atomic E-state index is 14.6. The summed E-state index contributed by atoms with van der Waals surface area (Å²) >= 11 is 0. The van der Waals surface area contributed by atoms with Gasteiger partial charge in [0.25, 0.3) is 11.7 Å². The first-order chi connectivity index (χ1) is 20.3. The Kier molecular flexibility index (Phi) is 7.50. The summed E-state index contributed by atoms with van der Waals surface area (Å²) in [5, 5.41) is 4.09. The maximum atomic E-state index is 14.6. The van der Waals surface area contributed by atoms with Crippen molar-refractivity contribution in [2.75, 3.05) is 72.1 Å². The zero-order valence-electron chi connectivity index (χ0n) is 25.0. The van der Waals surface area contributed by atoms with Crippen molar-refractivity contribution in [3.05, 3.63) is 41.0 Å². The Hall–Kier alpha value is -3.80. The average molecular weight is 576 g/mol. The van der Waals surface area contributed by atoms with E-state index in [0.717, 1.165) is 37.1 Å². The molecule has 0 spiro atoms. The molecule has 11 nitrogen and oxygen atoms in total. The Morgan fingerprint density at radius 1 is 1.05 bits per heavy atom. The number of anilines is 1. The fourth-order valence-corrected chi connectivity index (χ4v) is 6.67. The number of carbonyl (C=O) groups is 2. The molecule has 0 saturated carbocycles. The highest BCUT2D eigenvalue weighted by atomic mass is 16.5. The average Bonchev–Trinajstić information content (AvgIpc) is 3.03. The molecule has 0 radical (unpaired) electrons. The maximum Gasteiger partial charge on any atom is 0.437 e. The Morgan fingerprint density at radius 2 is 1.74 bits per heavy atom. The zero-order valence-corrected chi connectivity index (χ0v) is 25.0. The number of aryl methyl sites for hydroxylation is 1. The molecule has 3 aliphatic heterocycles. The van der Waals surface area contributed by atoms with Crippen molar-refractivity contribution in [2.45, 2.75) is 32.6 Å². The summed E-state index contributed by atoms with van der Waals surface area (Å²) in [7, 11) is 5.01. The van der Waals surface area contributed by atoms with Crippen LogP contribution >= 0.6 is 0 Å². The van der Waals surface area contributed by atoms with Gasteiger partial charge in [0.05, 0.1) is 45.4 Å². The van der Waals surface area contributed by atoms with Crippen LogP contribution in [0.1, 0.15) is 47.2 Å². The summed E-state index contributed by atoms with van der Waals surface area (Å²) in [5.41, 5.74) is 3.99. The van der Waals surface area contributed by atoms with Crippen LogP contribution in [0.25, 0.3) is 10.9 Å². The van der Waals surface area contributed by atoms with Gasteiger partial charge in [-0.25, -0.2) is 14.7 Å². The number of nitrogens with one attached hydrogen (secondary N) is 1. The number of ether oxygens (including phenoxy) is 3. The second kappa shape index (κ2) is 11.1. The molecule has 42 heavy (non-hydrogen) atoms. The number of quaternary nitrogens is 1. The first-order valence-electron chi connectivity index (χ1n) is 14.7. The third-order valence-electron chi connectivity index (χ3n) is 8.95. The molecule has 3 aromatic rings. The predicted molar refractivity (Wildman–Crippen MR) is 161 cm³/mol. The highest BCUT2D eigenvalue weighted by Crippen LogP contribution is 2.48. The number of aromatic nitrogens is 2. The van der Waals surface area contributed by atoms with Crippen LogP contribution in [0.3, 0.4) is 0 Å². The summed E-state index contributed by atoms with van der Waals surface area (Å²) < 4.78 is 16.6. The number of methoxy groups -OCH3 is 2. The SMILES string of the molecule is CCN1C(=O)c2c(ccc(C)c2C2CCNCC2)[N+](C)(c2nc(N3CCOCC3)nc3cc(OC)c(OC)cc23)C1=O. The minimum atomic E-state index is -0.349. The van der Waals surface area contributed by atoms with Gasteiger partial charge in [-0.15, -0.1) is 0 Å². The third kappa shape index (κ3) is 4.38. The molecule has 2 fully saturated rings. The van der Waals surface area contributed by atoms with E-state index in [2.05, 4.69) is 17.1 Å². The van der Waals surface area contributed by atoms with Crippen LogP contribution in [-0.2, 0) is 4.74 Å². The molecule has 1 aromatic heterocycles. The lowest BCUT2D eigenvalue weighted by Gasteiger charge is -2.40. The van der Waals surface area contributed by atoms with E-state index in [-0.39, 0.29) is 28.9 Å². The van der Waals surface area contributed by atoms with Crippen molar-refractivity contribution >= 4 is 40.3 Å². The Balaban J connectivity index is 1.67. The predicted octanol–water partition coefficient (Wildman–Crippen LogP) is 4.12. The van der Waals surface area contributed by atoms with Crippen molar-refractivity contribution in [3.8, 4) is 11.5 Å². The monoisotopic (exact) mass is 575 g/mol. The van der Waals surface area contributed by atoms with E-state index in [9.17, 15) is 9.59 Å².